The third-order valence-corrected chi connectivity index (χ3v) is 6.50. The zero-order valence-corrected chi connectivity index (χ0v) is 15.4. The molecule has 25 heavy (non-hydrogen) atoms. The van der Waals surface area contributed by atoms with E-state index >= 15 is 0 Å². The molecule has 1 fully saturated rings. The lowest BCUT2D eigenvalue weighted by Crippen LogP contribution is -2.29. The molecule has 0 amide bonds. The van der Waals surface area contributed by atoms with Crippen LogP contribution in [0, 0.1) is 0 Å². The van der Waals surface area contributed by atoms with Crippen LogP contribution in [-0.2, 0) is 15.6 Å². The molecule has 132 valence electrons. The number of piperidine rings is 1. The Hall–Kier alpha value is -1.92. The van der Waals surface area contributed by atoms with Crippen molar-refractivity contribution >= 4 is 32.8 Å². The van der Waals surface area contributed by atoms with Crippen molar-refractivity contribution in [3.05, 3.63) is 53.1 Å². The number of sulfone groups is 1. The molecule has 0 radical (unpaired) electrons. The van der Waals surface area contributed by atoms with Crippen LogP contribution in [0.1, 0.15) is 24.8 Å². The summed E-state index contributed by atoms with van der Waals surface area (Å²) >= 11 is 6.12. The van der Waals surface area contributed by atoms with Crippen LogP contribution in [0.15, 0.2) is 52.5 Å². The zero-order chi connectivity index (χ0) is 17.9. The molecular weight excluding hydrogens is 358 g/mol. The Bertz CT molecular complexity index is 878. The van der Waals surface area contributed by atoms with Gasteiger partial charge < -0.3 is 4.90 Å². The molecule has 1 saturated heterocycles. The van der Waals surface area contributed by atoms with Crippen LogP contribution in [0.5, 0.6) is 0 Å². The monoisotopic (exact) mass is 378 g/mol. The highest BCUT2D eigenvalue weighted by Gasteiger charge is 2.23. The molecule has 0 bridgehead atoms. The molecule has 3 rings (SSSR count). The minimum atomic E-state index is -3.62. The summed E-state index contributed by atoms with van der Waals surface area (Å²) in [6.07, 6.45) is 3.44. The van der Waals surface area contributed by atoms with Crippen LogP contribution in [0.4, 0.5) is 11.4 Å². The SMILES string of the molecule is [NH2+]=Nc1ccc(N2CCCCC2)cc1S(=O)(=O)Cc1ccccc1Cl. The highest BCUT2D eigenvalue weighted by molar-refractivity contribution is 7.90. The van der Waals surface area contributed by atoms with Gasteiger partial charge in [0.2, 0.25) is 0 Å². The van der Waals surface area contributed by atoms with Crippen molar-refractivity contribution in [2.45, 2.75) is 29.9 Å². The highest BCUT2D eigenvalue weighted by Crippen LogP contribution is 2.32. The quantitative estimate of drug-likeness (QED) is 0.812. The average Bonchev–Trinajstić information content (AvgIpc) is 2.64. The van der Waals surface area contributed by atoms with Crippen molar-refractivity contribution in [1.82, 2.24) is 0 Å². The summed E-state index contributed by atoms with van der Waals surface area (Å²) in [5.41, 5.74) is 7.15. The molecule has 0 unspecified atom stereocenters. The third kappa shape index (κ3) is 4.02. The van der Waals surface area contributed by atoms with Crippen LogP contribution in [-0.4, -0.2) is 21.5 Å². The van der Waals surface area contributed by atoms with Gasteiger partial charge in [-0.25, -0.2) is 8.42 Å². The molecule has 2 aromatic carbocycles. The molecule has 0 atom stereocenters. The summed E-state index contributed by atoms with van der Waals surface area (Å²) in [6, 6.07) is 12.2. The predicted octanol–water partition coefficient (Wildman–Crippen LogP) is 3.15. The van der Waals surface area contributed by atoms with E-state index in [4.69, 9.17) is 17.1 Å². The normalized spacial score (nSPS) is 15.2. The number of anilines is 1. The number of nitrogens with zero attached hydrogens (tertiary/aromatic N) is 2. The van der Waals surface area contributed by atoms with Gasteiger partial charge in [0.1, 0.15) is 10.6 Å². The molecule has 5 nitrogen and oxygen atoms in total. The summed E-state index contributed by atoms with van der Waals surface area (Å²) < 4.78 is 26.0. The minimum Gasteiger partial charge on any atom is -0.372 e. The molecule has 1 heterocycles. The molecule has 0 spiro atoms. The van der Waals surface area contributed by atoms with Crippen molar-refractivity contribution in [2.75, 3.05) is 18.0 Å². The van der Waals surface area contributed by atoms with Gasteiger partial charge in [-0.2, -0.15) is 5.53 Å². The van der Waals surface area contributed by atoms with Gasteiger partial charge in [0.05, 0.1) is 5.75 Å². The Labute approximate surface area is 153 Å². The van der Waals surface area contributed by atoms with Crippen LogP contribution in [0.2, 0.25) is 5.02 Å². The fourth-order valence-electron chi connectivity index (χ4n) is 3.11. The van der Waals surface area contributed by atoms with E-state index < -0.39 is 9.84 Å². The summed E-state index contributed by atoms with van der Waals surface area (Å²) in [5, 5.41) is 4.09. The van der Waals surface area contributed by atoms with Crippen molar-refractivity contribution in [2.24, 2.45) is 5.11 Å². The maximum Gasteiger partial charge on any atom is 0.185 e. The summed E-state index contributed by atoms with van der Waals surface area (Å²) in [7, 11) is -3.62. The Balaban J connectivity index is 1.98. The second-order valence-corrected chi connectivity index (χ2v) is 8.54. The molecule has 0 saturated carbocycles. The first-order chi connectivity index (χ1) is 12.0. The number of hydrogen-bond acceptors (Lipinski definition) is 4. The smallest absolute Gasteiger partial charge is 0.185 e. The maximum atomic E-state index is 13.0. The first kappa shape index (κ1) is 17.9. The molecule has 0 aliphatic carbocycles. The lowest BCUT2D eigenvalue weighted by Gasteiger charge is -2.29. The van der Waals surface area contributed by atoms with E-state index in [-0.39, 0.29) is 16.3 Å². The van der Waals surface area contributed by atoms with E-state index in [0.29, 0.717) is 10.6 Å². The van der Waals surface area contributed by atoms with E-state index in [1.807, 2.05) is 6.07 Å². The van der Waals surface area contributed by atoms with Crippen LogP contribution in [0.25, 0.3) is 0 Å². The molecule has 2 N–H and O–H groups in total. The molecular formula is C18H21ClN3O2S+. The summed E-state index contributed by atoms with van der Waals surface area (Å²) in [4.78, 5) is 2.36. The molecule has 2 aromatic rings. The van der Waals surface area contributed by atoms with Gasteiger partial charge in [0.25, 0.3) is 0 Å². The number of nitrogens with two attached hydrogens (primary N) is 1. The van der Waals surface area contributed by atoms with Crippen molar-refractivity contribution in [1.29, 1.82) is 0 Å². The fraction of sp³-hybridized carbons (Fsp3) is 0.333. The maximum absolute atomic E-state index is 13.0. The Kier molecular flexibility index (Phi) is 5.39. The van der Waals surface area contributed by atoms with Crippen molar-refractivity contribution in [3.63, 3.8) is 0 Å². The van der Waals surface area contributed by atoms with Crippen molar-refractivity contribution in [3.8, 4) is 0 Å². The largest absolute Gasteiger partial charge is 0.372 e. The summed E-state index contributed by atoms with van der Waals surface area (Å²) in [5.74, 6) is -0.182. The van der Waals surface area contributed by atoms with Crippen LogP contribution < -0.4 is 10.4 Å². The first-order valence-corrected chi connectivity index (χ1v) is 10.3. The van der Waals surface area contributed by atoms with Gasteiger partial charge in [-0.05, 0) is 54.2 Å². The molecule has 1 aliphatic heterocycles. The second-order valence-electron chi connectivity index (χ2n) is 6.18. The topological polar surface area (TPSA) is 75.3 Å². The van der Waals surface area contributed by atoms with E-state index in [9.17, 15) is 8.42 Å². The molecule has 1 aliphatic rings. The van der Waals surface area contributed by atoms with E-state index in [1.165, 1.54) is 6.42 Å². The Morgan fingerprint density at radius 1 is 1.08 bits per heavy atom. The predicted molar refractivity (Wildman–Crippen MR) is 98.9 cm³/mol. The third-order valence-electron chi connectivity index (χ3n) is 4.44. The van der Waals surface area contributed by atoms with Gasteiger partial charge in [-0.1, -0.05) is 29.8 Å². The standard InChI is InChI=1S/C18H20ClN3O2S/c19-16-7-3-2-6-14(16)13-25(23,24)18-12-15(8-9-17(18)21-20)22-10-4-1-5-11-22/h2-3,6-9,12,20H,1,4-5,10-11,13H2/p+1. The van der Waals surface area contributed by atoms with Gasteiger partial charge >= 0.3 is 0 Å². The van der Waals surface area contributed by atoms with Crippen LogP contribution >= 0.6 is 11.6 Å². The first-order valence-electron chi connectivity index (χ1n) is 8.27. The number of rotatable bonds is 5. The lowest BCUT2D eigenvalue weighted by atomic mass is 10.1. The number of benzene rings is 2. The lowest BCUT2D eigenvalue weighted by molar-refractivity contribution is -0.210. The fourth-order valence-corrected chi connectivity index (χ4v) is 4.94. The number of halogens is 1. The average molecular weight is 379 g/mol. The van der Waals surface area contributed by atoms with Gasteiger partial charge in [0, 0.05) is 23.8 Å². The molecule has 7 heteroatoms. The Morgan fingerprint density at radius 2 is 1.80 bits per heavy atom. The summed E-state index contributed by atoms with van der Waals surface area (Å²) in [6.45, 7) is 1.87. The van der Waals surface area contributed by atoms with E-state index in [0.717, 1.165) is 31.6 Å². The highest BCUT2D eigenvalue weighted by atomic mass is 35.5. The van der Waals surface area contributed by atoms with E-state index in [1.54, 1.807) is 36.4 Å². The van der Waals surface area contributed by atoms with Gasteiger partial charge in [0.15, 0.2) is 9.84 Å². The van der Waals surface area contributed by atoms with Gasteiger partial charge in [-0.15, -0.1) is 0 Å². The van der Waals surface area contributed by atoms with Crippen molar-refractivity contribution < 1.29 is 13.9 Å². The van der Waals surface area contributed by atoms with Gasteiger partial charge in [-0.3, -0.25) is 0 Å². The zero-order valence-electron chi connectivity index (χ0n) is 13.9. The Morgan fingerprint density at radius 3 is 2.48 bits per heavy atom. The van der Waals surface area contributed by atoms with Crippen LogP contribution in [0.3, 0.4) is 0 Å². The second kappa shape index (κ2) is 7.54. The molecule has 0 aromatic heterocycles. The number of hydrogen-bond donors (Lipinski definition) is 1. The van der Waals surface area contributed by atoms with E-state index in [2.05, 4.69) is 10.0 Å². The minimum absolute atomic E-state index is 0.151.